The molecule has 21 heavy (non-hydrogen) atoms. The van der Waals surface area contributed by atoms with Crippen LogP contribution in [-0.4, -0.2) is 56.2 Å². The molecule has 116 valence electrons. The van der Waals surface area contributed by atoms with E-state index >= 15 is 0 Å². The van der Waals surface area contributed by atoms with E-state index in [2.05, 4.69) is 41.0 Å². The van der Waals surface area contributed by atoms with Crippen LogP contribution in [-0.2, 0) is 9.53 Å². The molecule has 0 bridgehead atoms. The molecule has 1 atom stereocenters. The number of anilines is 1. The Balaban J connectivity index is 1.90. The van der Waals surface area contributed by atoms with Gasteiger partial charge in [-0.2, -0.15) is 0 Å². The molecular formula is C16H25N3O2. The third kappa shape index (κ3) is 3.95. The van der Waals surface area contributed by atoms with Gasteiger partial charge in [0.2, 0.25) is 0 Å². The van der Waals surface area contributed by atoms with Gasteiger partial charge in [0.25, 0.3) is 0 Å². The van der Waals surface area contributed by atoms with Crippen molar-refractivity contribution in [1.29, 1.82) is 0 Å². The maximum absolute atomic E-state index is 11.6. The van der Waals surface area contributed by atoms with Crippen LogP contribution in [0.1, 0.15) is 12.5 Å². The smallest absolute Gasteiger partial charge is 0.326 e. The summed E-state index contributed by atoms with van der Waals surface area (Å²) in [5.41, 5.74) is 7.63. The van der Waals surface area contributed by atoms with E-state index in [9.17, 15) is 4.79 Å². The van der Waals surface area contributed by atoms with E-state index < -0.39 is 5.54 Å². The molecule has 2 rings (SSSR count). The number of aryl methyl sites for hydroxylation is 1. The lowest BCUT2D eigenvalue weighted by Gasteiger charge is -2.38. The number of piperazine rings is 1. The van der Waals surface area contributed by atoms with Gasteiger partial charge < -0.3 is 15.4 Å². The number of esters is 1. The van der Waals surface area contributed by atoms with E-state index in [0.717, 1.165) is 26.2 Å². The number of carbonyl (C=O) groups excluding carboxylic acids is 1. The van der Waals surface area contributed by atoms with Crippen molar-refractivity contribution in [3.63, 3.8) is 0 Å². The van der Waals surface area contributed by atoms with Crippen molar-refractivity contribution in [2.24, 2.45) is 5.73 Å². The van der Waals surface area contributed by atoms with Crippen LogP contribution in [0.2, 0.25) is 0 Å². The van der Waals surface area contributed by atoms with Crippen LogP contribution in [0.15, 0.2) is 24.3 Å². The lowest BCUT2D eigenvalue weighted by Crippen LogP contribution is -2.58. The summed E-state index contributed by atoms with van der Waals surface area (Å²) in [7, 11) is 1.38. The second kappa shape index (κ2) is 6.45. The van der Waals surface area contributed by atoms with Crippen LogP contribution in [0.3, 0.4) is 0 Å². The summed E-state index contributed by atoms with van der Waals surface area (Å²) in [6.45, 7) is 8.06. The van der Waals surface area contributed by atoms with Crippen molar-refractivity contribution in [2.45, 2.75) is 19.4 Å². The molecule has 2 N–H and O–H groups in total. The summed E-state index contributed by atoms with van der Waals surface area (Å²) >= 11 is 0. The van der Waals surface area contributed by atoms with Gasteiger partial charge in [-0.3, -0.25) is 9.69 Å². The largest absolute Gasteiger partial charge is 0.468 e. The second-order valence-corrected chi connectivity index (χ2v) is 6.01. The molecule has 1 heterocycles. The Kier molecular flexibility index (Phi) is 4.85. The van der Waals surface area contributed by atoms with E-state index in [1.54, 1.807) is 6.92 Å². The highest BCUT2D eigenvalue weighted by atomic mass is 16.5. The molecule has 5 heteroatoms. The number of hydrogen-bond acceptors (Lipinski definition) is 5. The van der Waals surface area contributed by atoms with Gasteiger partial charge in [0.1, 0.15) is 5.54 Å². The average molecular weight is 291 g/mol. The molecule has 1 unspecified atom stereocenters. The molecule has 0 amide bonds. The maximum Gasteiger partial charge on any atom is 0.326 e. The van der Waals surface area contributed by atoms with E-state index in [1.807, 2.05) is 0 Å². The highest BCUT2D eigenvalue weighted by Crippen LogP contribution is 2.18. The van der Waals surface area contributed by atoms with E-state index in [-0.39, 0.29) is 5.97 Å². The lowest BCUT2D eigenvalue weighted by molar-refractivity contribution is -0.147. The molecule has 1 saturated heterocycles. The molecule has 1 aliphatic rings. The summed E-state index contributed by atoms with van der Waals surface area (Å²) < 4.78 is 4.76. The van der Waals surface area contributed by atoms with Crippen LogP contribution >= 0.6 is 0 Å². The third-order valence-electron chi connectivity index (χ3n) is 3.94. The van der Waals surface area contributed by atoms with Crippen molar-refractivity contribution < 1.29 is 9.53 Å². The van der Waals surface area contributed by atoms with Crippen LogP contribution in [0.25, 0.3) is 0 Å². The second-order valence-electron chi connectivity index (χ2n) is 6.01. The van der Waals surface area contributed by atoms with Crippen LogP contribution in [0.4, 0.5) is 5.69 Å². The number of ether oxygens (including phenoxy) is 1. The zero-order valence-electron chi connectivity index (χ0n) is 13.1. The monoisotopic (exact) mass is 291 g/mol. The number of methoxy groups -OCH3 is 1. The molecule has 1 aromatic carbocycles. The third-order valence-corrected chi connectivity index (χ3v) is 3.94. The van der Waals surface area contributed by atoms with Gasteiger partial charge in [-0.25, -0.2) is 0 Å². The Morgan fingerprint density at radius 1 is 1.33 bits per heavy atom. The first-order valence-electron chi connectivity index (χ1n) is 7.33. The Morgan fingerprint density at radius 2 is 2.00 bits per heavy atom. The molecular weight excluding hydrogens is 266 g/mol. The van der Waals surface area contributed by atoms with E-state index in [0.29, 0.717) is 6.54 Å². The summed E-state index contributed by atoms with van der Waals surface area (Å²) in [4.78, 5) is 16.2. The van der Waals surface area contributed by atoms with Crippen LogP contribution in [0, 0.1) is 6.92 Å². The molecule has 0 aromatic heterocycles. The minimum absolute atomic E-state index is 0.358. The number of benzene rings is 1. The Hall–Kier alpha value is -1.59. The zero-order valence-corrected chi connectivity index (χ0v) is 13.1. The fraction of sp³-hybridized carbons (Fsp3) is 0.562. The number of carbonyl (C=O) groups is 1. The zero-order chi connectivity index (χ0) is 15.5. The number of hydrogen-bond donors (Lipinski definition) is 1. The molecule has 0 radical (unpaired) electrons. The highest BCUT2D eigenvalue weighted by molar-refractivity contribution is 5.80. The Morgan fingerprint density at radius 3 is 2.57 bits per heavy atom. The fourth-order valence-electron chi connectivity index (χ4n) is 2.75. The van der Waals surface area contributed by atoms with Crippen molar-refractivity contribution in [1.82, 2.24) is 4.90 Å². The van der Waals surface area contributed by atoms with Gasteiger partial charge in [-0.15, -0.1) is 0 Å². The summed E-state index contributed by atoms with van der Waals surface area (Å²) in [6, 6.07) is 8.54. The summed E-state index contributed by atoms with van der Waals surface area (Å²) in [6.07, 6.45) is 0. The predicted octanol–water partition coefficient (Wildman–Crippen LogP) is 1.01. The van der Waals surface area contributed by atoms with Crippen molar-refractivity contribution in [2.75, 3.05) is 44.7 Å². The standard InChI is InChI=1S/C16H25N3O2/c1-13-5-4-6-14(11-13)19-9-7-18(8-10-19)12-16(2,17)15(20)21-3/h4-6,11H,7-10,12,17H2,1-3H3. The first-order chi connectivity index (χ1) is 9.92. The number of nitrogens with two attached hydrogens (primary N) is 1. The average Bonchev–Trinajstić information content (AvgIpc) is 2.46. The molecule has 1 aromatic rings. The van der Waals surface area contributed by atoms with Gasteiger partial charge in [0, 0.05) is 38.4 Å². The van der Waals surface area contributed by atoms with Crippen molar-refractivity contribution >= 4 is 11.7 Å². The molecule has 1 aliphatic heterocycles. The normalized spacial score (nSPS) is 19.1. The minimum Gasteiger partial charge on any atom is -0.468 e. The fourth-order valence-corrected chi connectivity index (χ4v) is 2.75. The minimum atomic E-state index is -0.944. The predicted molar refractivity (Wildman–Crippen MR) is 84.4 cm³/mol. The maximum atomic E-state index is 11.6. The number of nitrogens with zero attached hydrogens (tertiary/aromatic N) is 2. The van der Waals surface area contributed by atoms with Crippen LogP contribution in [0.5, 0.6) is 0 Å². The van der Waals surface area contributed by atoms with Gasteiger partial charge >= 0.3 is 5.97 Å². The van der Waals surface area contributed by atoms with Crippen LogP contribution < -0.4 is 10.6 Å². The van der Waals surface area contributed by atoms with Gasteiger partial charge in [0.05, 0.1) is 7.11 Å². The first-order valence-corrected chi connectivity index (χ1v) is 7.33. The highest BCUT2D eigenvalue weighted by Gasteiger charge is 2.32. The quantitative estimate of drug-likeness (QED) is 0.839. The first kappa shape index (κ1) is 15.8. The van der Waals surface area contributed by atoms with Gasteiger partial charge in [-0.05, 0) is 31.5 Å². The molecule has 1 fully saturated rings. The van der Waals surface area contributed by atoms with E-state index in [4.69, 9.17) is 10.5 Å². The lowest BCUT2D eigenvalue weighted by atomic mass is 10.0. The Bertz CT molecular complexity index is 494. The van der Waals surface area contributed by atoms with Gasteiger partial charge in [-0.1, -0.05) is 12.1 Å². The molecule has 5 nitrogen and oxygen atoms in total. The molecule has 0 saturated carbocycles. The summed E-state index contributed by atoms with van der Waals surface area (Å²) in [5, 5.41) is 0. The van der Waals surface area contributed by atoms with Crippen molar-refractivity contribution in [3.05, 3.63) is 29.8 Å². The van der Waals surface area contributed by atoms with Gasteiger partial charge in [0.15, 0.2) is 0 Å². The Labute approximate surface area is 126 Å². The molecule has 0 spiro atoms. The topological polar surface area (TPSA) is 58.8 Å². The summed E-state index contributed by atoms with van der Waals surface area (Å²) in [5.74, 6) is -0.358. The SMILES string of the molecule is COC(=O)C(C)(N)CN1CCN(c2cccc(C)c2)CC1. The molecule has 0 aliphatic carbocycles. The van der Waals surface area contributed by atoms with Crippen molar-refractivity contribution in [3.8, 4) is 0 Å². The number of rotatable bonds is 4. The van der Waals surface area contributed by atoms with E-state index in [1.165, 1.54) is 18.4 Å².